The molecule has 0 aliphatic carbocycles. The van der Waals surface area contributed by atoms with E-state index in [1.165, 1.54) is 11.8 Å². The number of aryl methyl sites for hydroxylation is 1. The minimum absolute atomic E-state index is 0.114. The molecule has 3 rings (SSSR count). The molecule has 26 heavy (non-hydrogen) atoms. The van der Waals surface area contributed by atoms with Crippen LogP contribution in [0.4, 0.5) is 5.69 Å². The lowest BCUT2D eigenvalue weighted by molar-refractivity contribution is -0.115. The van der Waals surface area contributed by atoms with Crippen LogP contribution in [0.3, 0.4) is 0 Å². The number of fused-ring (bicyclic) bond motifs is 1. The topological polar surface area (TPSA) is 76.2 Å². The molecule has 0 aliphatic rings. The lowest BCUT2D eigenvalue weighted by atomic mass is 10.2. The fourth-order valence-electron chi connectivity index (χ4n) is 2.52. The van der Waals surface area contributed by atoms with Crippen LogP contribution in [0.5, 0.6) is 11.5 Å². The van der Waals surface area contributed by atoms with Crippen LogP contribution in [0.25, 0.3) is 11.0 Å². The quantitative estimate of drug-likeness (QED) is 0.640. The number of methoxy groups -OCH3 is 2. The number of nitrogens with one attached hydrogen (secondary N) is 2. The first-order chi connectivity index (χ1) is 12.5. The lowest BCUT2D eigenvalue weighted by Gasteiger charge is -2.14. The SMILES string of the molecule is COc1ccc2nc(SC(C)C(=O)Nc3cc(C)ccc3OC)[nH]c2c1. The largest absolute Gasteiger partial charge is 0.497 e. The van der Waals surface area contributed by atoms with Crippen LogP contribution in [0, 0.1) is 6.92 Å². The molecule has 1 unspecified atom stereocenters. The monoisotopic (exact) mass is 371 g/mol. The van der Waals surface area contributed by atoms with E-state index < -0.39 is 0 Å². The van der Waals surface area contributed by atoms with Gasteiger partial charge in [-0.1, -0.05) is 17.8 Å². The van der Waals surface area contributed by atoms with E-state index in [2.05, 4.69) is 15.3 Å². The molecule has 136 valence electrons. The fourth-order valence-corrected chi connectivity index (χ4v) is 3.34. The van der Waals surface area contributed by atoms with Gasteiger partial charge in [-0.15, -0.1) is 0 Å². The van der Waals surface area contributed by atoms with Crippen molar-refractivity contribution in [3.63, 3.8) is 0 Å². The maximum Gasteiger partial charge on any atom is 0.237 e. The number of H-pyrrole nitrogens is 1. The molecule has 1 amide bonds. The number of imidazole rings is 1. The summed E-state index contributed by atoms with van der Waals surface area (Å²) in [4.78, 5) is 20.3. The lowest BCUT2D eigenvalue weighted by Crippen LogP contribution is -2.22. The third-order valence-corrected chi connectivity index (χ3v) is 4.92. The number of nitrogens with zero attached hydrogens (tertiary/aromatic N) is 1. The highest BCUT2D eigenvalue weighted by atomic mass is 32.2. The molecule has 1 atom stereocenters. The highest BCUT2D eigenvalue weighted by Crippen LogP contribution is 2.29. The second kappa shape index (κ2) is 7.70. The third kappa shape index (κ3) is 3.94. The van der Waals surface area contributed by atoms with Gasteiger partial charge in [0.1, 0.15) is 11.5 Å². The van der Waals surface area contributed by atoms with E-state index in [0.29, 0.717) is 16.6 Å². The minimum Gasteiger partial charge on any atom is -0.497 e. The van der Waals surface area contributed by atoms with E-state index in [0.717, 1.165) is 22.3 Å². The summed E-state index contributed by atoms with van der Waals surface area (Å²) in [5.74, 6) is 1.28. The van der Waals surface area contributed by atoms with Crippen LogP contribution in [0.2, 0.25) is 0 Å². The number of hydrogen-bond acceptors (Lipinski definition) is 5. The number of carbonyl (C=O) groups excluding carboxylic acids is 1. The first-order valence-electron chi connectivity index (χ1n) is 8.16. The Hall–Kier alpha value is -2.67. The summed E-state index contributed by atoms with van der Waals surface area (Å²) >= 11 is 1.37. The summed E-state index contributed by atoms with van der Waals surface area (Å²) in [6.07, 6.45) is 0. The van der Waals surface area contributed by atoms with Gasteiger partial charge >= 0.3 is 0 Å². The van der Waals surface area contributed by atoms with Gasteiger partial charge in [-0.3, -0.25) is 4.79 Å². The summed E-state index contributed by atoms with van der Waals surface area (Å²) < 4.78 is 10.5. The Bertz CT molecular complexity index is 939. The number of aromatic amines is 1. The predicted molar refractivity (Wildman–Crippen MR) is 104 cm³/mol. The van der Waals surface area contributed by atoms with Crippen molar-refractivity contribution in [1.29, 1.82) is 0 Å². The molecule has 0 aliphatic heterocycles. The number of hydrogen-bond donors (Lipinski definition) is 2. The number of aromatic nitrogens is 2. The van der Waals surface area contributed by atoms with Crippen LogP contribution in [0.1, 0.15) is 12.5 Å². The van der Waals surface area contributed by atoms with E-state index in [1.807, 2.05) is 50.2 Å². The van der Waals surface area contributed by atoms with Gasteiger partial charge in [-0.25, -0.2) is 4.98 Å². The van der Waals surface area contributed by atoms with Gasteiger partial charge in [0.25, 0.3) is 0 Å². The second-order valence-electron chi connectivity index (χ2n) is 5.88. The molecule has 0 spiro atoms. The molecule has 0 saturated carbocycles. The maximum absolute atomic E-state index is 12.6. The average molecular weight is 371 g/mol. The summed E-state index contributed by atoms with van der Waals surface area (Å²) in [5, 5.41) is 3.28. The van der Waals surface area contributed by atoms with Gasteiger partial charge in [0.05, 0.1) is 36.2 Å². The van der Waals surface area contributed by atoms with E-state index >= 15 is 0 Å². The van der Waals surface area contributed by atoms with Crippen molar-refractivity contribution in [3.05, 3.63) is 42.0 Å². The van der Waals surface area contributed by atoms with Crippen molar-refractivity contribution in [2.45, 2.75) is 24.3 Å². The van der Waals surface area contributed by atoms with Gasteiger partial charge < -0.3 is 19.8 Å². The molecule has 2 aromatic carbocycles. The normalized spacial score (nSPS) is 12.0. The first-order valence-corrected chi connectivity index (χ1v) is 9.04. The smallest absolute Gasteiger partial charge is 0.237 e. The average Bonchev–Trinajstić information content (AvgIpc) is 3.03. The summed E-state index contributed by atoms with van der Waals surface area (Å²) in [7, 11) is 3.21. The van der Waals surface area contributed by atoms with Crippen LogP contribution in [-0.2, 0) is 4.79 Å². The molecule has 2 N–H and O–H groups in total. The Kier molecular flexibility index (Phi) is 5.37. The predicted octanol–water partition coefficient (Wildman–Crippen LogP) is 4.01. The molecule has 0 fully saturated rings. The van der Waals surface area contributed by atoms with Crippen molar-refractivity contribution in [2.24, 2.45) is 0 Å². The molecular formula is C19H21N3O3S. The summed E-state index contributed by atoms with van der Waals surface area (Å²) in [6, 6.07) is 11.3. The van der Waals surface area contributed by atoms with Crippen LogP contribution in [-0.4, -0.2) is 35.3 Å². The number of ether oxygens (including phenoxy) is 2. The number of anilines is 1. The number of carbonyl (C=O) groups is 1. The molecule has 0 radical (unpaired) electrons. The van der Waals surface area contributed by atoms with Gasteiger partial charge in [0.2, 0.25) is 5.91 Å². The molecule has 0 saturated heterocycles. The van der Waals surface area contributed by atoms with Gasteiger partial charge in [-0.05, 0) is 43.7 Å². The molecule has 7 heteroatoms. The zero-order chi connectivity index (χ0) is 18.7. The van der Waals surface area contributed by atoms with Crippen LogP contribution in [0.15, 0.2) is 41.6 Å². The minimum atomic E-state index is -0.331. The van der Waals surface area contributed by atoms with Crippen molar-refractivity contribution < 1.29 is 14.3 Å². The molecule has 6 nitrogen and oxygen atoms in total. The van der Waals surface area contributed by atoms with Crippen molar-refractivity contribution >= 4 is 34.4 Å². The number of amides is 1. The van der Waals surface area contributed by atoms with Crippen molar-refractivity contribution in [3.8, 4) is 11.5 Å². The maximum atomic E-state index is 12.6. The summed E-state index contributed by atoms with van der Waals surface area (Å²) in [6.45, 7) is 3.81. The van der Waals surface area contributed by atoms with Crippen molar-refractivity contribution in [1.82, 2.24) is 9.97 Å². The fraction of sp³-hybridized carbons (Fsp3) is 0.263. The molecular weight excluding hydrogens is 350 g/mol. The molecule has 3 aromatic rings. The third-order valence-electron chi connectivity index (χ3n) is 3.94. The van der Waals surface area contributed by atoms with Gasteiger partial charge in [-0.2, -0.15) is 0 Å². The highest BCUT2D eigenvalue weighted by molar-refractivity contribution is 8.00. The number of thioether (sulfide) groups is 1. The van der Waals surface area contributed by atoms with Crippen LogP contribution >= 0.6 is 11.8 Å². The Morgan fingerprint density at radius 1 is 1.19 bits per heavy atom. The standard InChI is InChI=1S/C19H21N3O3S/c1-11-5-8-17(25-4)16(9-11)20-18(23)12(2)26-19-21-14-7-6-13(24-3)10-15(14)22-19/h5-10,12H,1-4H3,(H,20,23)(H,21,22). The van der Waals surface area contributed by atoms with E-state index in [1.54, 1.807) is 14.2 Å². The zero-order valence-corrected chi connectivity index (χ0v) is 15.9. The molecule has 1 aromatic heterocycles. The van der Waals surface area contributed by atoms with E-state index in [9.17, 15) is 4.79 Å². The Labute approximate surface area is 156 Å². The summed E-state index contributed by atoms with van der Waals surface area (Å²) in [5.41, 5.74) is 3.42. The Morgan fingerprint density at radius 2 is 2.00 bits per heavy atom. The van der Waals surface area contributed by atoms with Crippen LogP contribution < -0.4 is 14.8 Å². The molecule has 0 bridgehead atoms. The van der Waals surface area contributed by atoms with E-state index in [-0.39, 0.29) is 11.2 Å². The van der Waals surface area contributed by atoms with Crippen molar-refractivity contribution in [2.75, 3.05) is 19.5 Å². The van der Waals surface area contributed by atoms with E-state index in [4.69, 9.17) is 9.47 Å². The molecule has 1 heterocycles. The number of benzene rings is 2. The second-order valence-corrected chi connectivity index (χ2v) is 7.21. The first kappa shape index (κ1) is 18.1. The highest BCUT2D eigenvalue weighted by Gasteiger charge is 2.18. The Morgan fingerprint density at radius 3 is 2.73 bits per heavy atom. The Balaban J connectivity index is 1.72. The van der Waals surface area contributed by atoms with Gasteiger partial charge in [0, 0.05) is 6.07 Å². The number of rotatable bonds is 6. The van der Waals surface area contributed by atoms with Gasteiger partial charge in [0.15, 0.2) is 5.16 Å². The zero-order valence-electron chi connectivity index (χ0n) is 15.1.